The Balaban J connectivity index is 0.00000144. The first-order chi connectivity index (χ1) is 7.84. The summed E-state index contributed by atoms with van der Waals surface area (Å²) < 4.78 is 0. The van der Waals surface area contributed by atoms with Crippen molar-refractivity contribution in [1.29, 1.82) is 0 Å². The van der Waals surface area contributed by atoms with E-state index in [4.69, 9.17) is 5.73 Å². The van der Waals surface area contributed by atoms with E-state index in [1.807, 2.05) is 6.07 Å². The van der Waals surface area contributed by atoms with Crippen molar-refractivity contribution in [3.8, 4) is 0 Å². The summed E-state index contributed by atoms with van der Waals surface area (Å²) >= 11 is 0. The van der Waals surface area contributed by atoms with E-state index in [1.54, 1.807) is 0 Å². The summed E-state index contributed by atoms with van der Waals surface area (Å²) in [6.07, 6.45) is 3.63. The van der Waals surface area contributed by atoms with Crippen molar-refractivity contribution < 1.29 is 0 Å². The molecule has 17 heavy (non-hydrogen) atoms. The van der Waals surface area contributed by atoms with Gasteiger partial charge < -0.3 is 11.1 Å². The first kappa shape index (κ1) is 14.3. The molecule has 2 rings (SSSR count). The van der Waals surface area contributed by atoms with Crippen molar-refractivity contribution in [2.45, 2.75) is 19.3 Å². The summed E-state index contributed by atoms with van der Waals surface area (Å²) in [7, 11) is 0. The van der Waals surface area contributed by atoms with Crippen LogP contribution in [0.15, 0.2) is 35.3 Å². The van der Waals surface area contributed by atoms with Gasteiger partial charge in [-0.2, -0.15) is 0 Å². The Kier molecular flexibility index (Phi) is 6.32. The topological polar surface area (TPSA) is 50.4 Å². The summed E-state index contributed by atoms with van der Waals surface area (Å²) in [6.45, 7) is 1.74. The minimum Gasteiger partial charge on any atom is -0.370 e. The van der Waals surface area contributed by atoms with Gasteiger partial charge in [0.05, 0.1) is 0 Å². The molecule has 3 N–H and O–H groups in total. The molecule has 0 unspecified atom stereocenters. The van der Waals surface area contributed by atoms with Crippen LogP contribution in [0.2, 0.25) is 0 Å². The van der Waals surface area contributed by atoms with E-state index in [9.17, 15) is 0 Å². The maximum atomic E-state index is 5.75. The number of hydrogen-bond acceptors (Lipinski definition) is 1. The van der Waals surface area contributed by atoms with Gasteiger partial charge in [-0.3, -0.25) is 4.99 Å². The maximum absolute atomic E-state index is 5.75. The summed E-state index contributed by atoms with van der Waals surface area (Å²) in [4.78, 5) is 4.30. The van der Waals surface area contributed by atoms with Crippen LogP contribution in [0.3, 0.4) is 0 Å². The Labute approximate surface area is 120 Å². The molecule has 1 aliphatic carbocycles. The van der Waals surface area contributed by atoms with Gasteiger partial charge >= 0.3 is 0 Å². The van der Waals surface area contributed by atoms with Gasteiger partial charge in [0.25, 0.3) is 0 Å². The van der Waals surface area contributed by atoms with Crippen LogP contribution in [0.25, 0.3) is 0 Å². The van der Waals surface area contributed by atoms with Crippen molar-refractivity contribution in [2.24, 2.45) is 16.6 Å². The second kappa shape index (κ2) is 7.53. The summed E-state index contributed by atoms with van der Waals surface area (Å²) in [5, 5.41) is 3.14. The minimum absolute atomic E-state index is 0. The third-order valence-electron chi connectivity index (χ3n) is 2.78. The number of nitrogens with zero attached hydrogens (tertiary/aromatic N) is 1. The Morgan fingerprint density at radius 2 is 2.00 bits per heavy atom. The number of guanidine groups is 1. The first-order valence-electron chi connectivity index (χ1n) is 5.92. The molecule has 0 heterocycles. The van der Waals surface area contributed by atoms with Gasteiger partial charge in [-0.25, -0.2) is 0 Å². The zero-order valence-electron chi connectivity index (χ0n) is 9.93. The number of rotatable bonds is 5. The third kappa shape index (κ3) is 5.91. The summed E-state index contributed by atoms with van der Waals surface area (Å²) in [5.41, 5.74) is 7.08. The molecule has 0 saturated heterocycles. The number of nitrogens with one attached hydrogen (secondary N) is 1. The van der Waals surface area contributed by atoms with Crippen LogP contribution in [0.1, 0.15) is 18.4 Å². The lowest BCUT2D eigenvalue weighted by Crippen LogP contribution is -2.33. The highest BCUT2D eigenvalue weighted by molar-refractivity contribution is 14.0. The Morgan fingerprint density at radius 1 is 1.29 bits per heavy atom. The highest BCUT2D eigenvalue weighted by atomic mass is 127. The van der Waals surface area contributed by atoms with Gasteiger partial charge in [0, 0.05) is 13.1 Å². The molecule has 0 spiro atoms. The molecule has 3 nitrogen and oxygen atoms in total. The summed E-state index contributed by atoms with van der Waals surface area (Å²) in [6, 6.07) is 10.4. The van der Waals surface area contributed by atoms with Gasteiger partial charge in [-0.15, -0.1) is 24.0 Å². The molecule has 1 aliphatic rings. The predicted octanol–water partition coefficient (Wildman–Crippen LogP) is 2.16. The largest absolute Gasteiger partial charge is 0.370 e. The molecule has 1 fully saturated rings. The van der Waals surface area contributed by atoms with Crippen LogP contribution in [-0.4, -0.2) is 19.0 Å². The van der Waals surface area contributed by atoms with Crippen LogP contribution in [0.4, 0.5) is 0 Å². The summed E-state index contributed by atoms with van der Waals surface area (Å²) in [5.74, 6) is 1.39. The Hall–Kier alpha value is -0.780. The smallest absolute Gasteiger partial charge is 0.188 e. The lowest BCUT2D eigenvalue weighted by Gasteiger charge is -2.05. The molecule has 0 amide bonds. The molecule has 0 aromatic heterocycles. The number of aliphatic imine (C=N–C) groups is 1. The molecule has 0 atom stereocenters. The van der Waals surface area contributed by atoms with Crippen LogP contribution < -0.4 is 11.1 Å². The van der Waals surface area contributed by atoms with Crippen molar-refractivity contribution in [2.75, 3.05) is 13.1 Å². The number of benzene rings is 1. The number of nitrogens with two attached hydrogens (primary N) is 1. The molecular weight excluding hydrogens is 325 g/mol. The van der Waals surface area contributed by atoms with Gasteiger partial charge in [0.15, 0.2) is 5.96 Å². The minimum atomic E-state index is 0. The Bertz CT molecular complexity index is 347. The molecule has 4 heteroatoms. The Morgan fingerprint density at radius 3 is 2.65 bits per heavy atom. The zero-order valence-corrected chi connectivity index (χ0v) is 12.3. The van der Waals surface area contributed by atoms with Crippen molar-refractivity contribution in [3.63, 3.8) is 0 Å². The normalized spacial score (nSPS) is 15.2. The van der Waals surface area contributed by atoms with Gasteiger partial charge in [-0.05, 0) is 30.7 Å². The molecule has 1 saturated carbocycles. The number of hydrogen-bond donors (Lipinski definition) is 2. The SMILES string of the molecule is I.NC(=NCC1CC1)NCCc1ccccc1. The molecule has 94 valence electrons. The first-order valence-corrected chi connectivity index (χ1v) is 5.92. The lowest BCUT2D eigenvalue weighted by molar-refractivity contribution is 0.812. The lowest BCUT2D eigenvalue weighted by atomic mass is 10.1. The second-order valence-electron chi connectivity index (χ2n) is 4.33. The fraction of sp³-hybridized carbons (Fsp3) is 0.462. The monoisotopic (exact) mass is 345 g/mol. The zero-order chi connectivity index (χ0) is 11.2. The second-order valence-corrected chi connectivity index (χ2v) is 4.33. The van der Waals surface area contributed by atoms with Crippen molar-refractivity contribution >= 4 is 29.9 Å². The molecule has 0 radical (unpaired) electrons. The van der Waals surface area contributed by atoms with Crippen LogP contribution in [0, 0.1) is 5.92 Å². The van der Waals surface area contributed by atoms with E-state index in [0.29, 0.717) is 5.96 Å². The van der Waals surface area contributed by atoms with E-state index in [0.717, 1.165) is 25.4 Å². The highest BCUT2D eigenvalue weighted by Gasteiger charge is 2.20. The number of halogens is 1. The quantitative estimate of drug-likeness (QED) is 0.488. The average Bonchev–Trinajstić information content (AvgIpc) is 3.12. The molecule has 0 bridgehead atoms. The van der Waals surface area contributed by atoms with Crippen molar-refractivity contribution in [1.82, 2.24) is 5.32 Å². The van der Waals surface area contributed by atoms with E-state index >= 15 is 0 Å². The van der Waals surface area contributed by atoms with Crippen LogP contribution in [-0.2, 0) is 6.42 Å². The van der Waals surface area contributed by atoms with E-state index < -0.39 is 0 Å². The fourth-order valence-corrected chi connectivity index (χ4v) is 1.56. The van der Waals surface area contributed by atoms with E-state index in [-0.39, 0.29) is 24.0 Å². The molecular formula is C13H20IN3. The van der Waals surface area contributed by atoms with Gasteiger partial charge in [-0.1, -0.05) is 30.3 Å². The third-order valence-corrected chi connectivity index (χ3v) is 2.78. The predicted molar refractivity (Wildman–Crippen MR) is 82.8 cm³/mol. The van der Waals surface area contributed by atoms with Gasteiger partial charge in [0.2, 0.25) is 0 Å². The standard InChI is InChI=1S/C13H19N3.HI/c14-13(16-10-12-6-7-12)15-9-8-11-4-2-1-3-5-11;/h1-5,12H,6-10H2,(H3,14,15,16);1H. The van der Waals surface area contributed by atoms with Crippen LogP contribution in [0.5, 0.6) is 0 Å². The van der Waals surface area contributed by atoms with Crippen molar-refractivity contribution in [3.05, 3.63) is 35.9 Å². The van der Waals surface area contributed by atoms with E-state index in [2.05, 4.69) is 34.6 Å². The maximum Gasteiger partial charge on any atom is 0.188 e. The van der Waals surface area contributed by atoms with Crippen LogP contribution >= 0.6 is 24.0 Å². The highest BCUT2D eigenvalue weighted by Crippen LogP contribution is 2.28. The molecule has 1 aromatic carbocycles. The van der Waals surface area contributed by atoms with E-state index in [1.165, 1.54) is 18.4 Å². The fourth-order valence-electron chi connectivity index (χ4n) is 1.56. The average molecular weight is 345 g/mol. The molecule has 0 aliphatic heterocycles. The molecule has 1 aromatic rings. The van der Waals surface area contributed by atoms with Gasteiger partial charge in [0.1, 0.15) is 0 Å².